The molecule has 0 heterocycles. The molecular weight excluding hydrogens is 580 g/mol. The zero-order valence-electron chi connectivity index (χ0n) is 18.5. The molecule has 4 nitrogen and oxygen atoms in total. The molecule has 4 aromatic rings. The summed E-state index contributed by atoms with van der Waals surface area (Å²) in [6.07, 6.45) is 0. The van der Waals surface area contributed by atoms with E-state index in [2.05, 4.69) is 9.47 Å². The third-order valence-electron chi connectivity index (χ3n) is 5.22. The predicted molar refractivity (Wildman–Crippen MR) is 106 cm³/mol. The Balaban J connectivity index is 1.82. The molecule has 0 amide bonds. The van der Waals surface area contributed by atoms with Crippen LogP contribution in [0.2, 0.25) is 0 Å². The Bertz CT molecular complexity index is 1710. The van der Waals surface area contributed by atoms with E-state index in [1.807, 2.05) is 0 Å². The summed E-state index contributed by atoms with van der Waals surface area (Å²) in [6, 6.07) is 2.59. The van der Waals surface area contributed by atoms with Crippen LogP contribution in [0.1, 0.15) is 20.7 Å². The van der Waals surface area contributed by atoms with Crippen LogP contribution in [0.3, 0.4) is 0 Å². The van der Waals surface area contributed by atoms with Gasteiger partial charge in [0.15, 0.2) is 58.1 Å². The molecule has 40 heavy (non-hydrogen) atoms. The lowest BCUT2D eigenvalue weighted by atomic mass is 10.1. The van der Waals surface area contributed by atoms with Crippen molar-refractivity contribution in [1.29, 1.82) is 0 Å². The van der Waals surface area contributed by atoms with Crippen molar-refractivity contribution in [1.82, 2.24) is 0 Å². The Hall–Kier alpha value is -4.76. The van der Waals surface area contributed by atoms with Gasteiger partial charge < -0.3 is 9.47 Å². The number of benzene rings is 4. The molecule has 208 valence electrons. The zero-order valence-corrected chi connectivity index (χ0v) is 18.5. The molecule has 4 rings (SSSR count). The Morgan fingerprint density at radius 1 is 0.475 bits per heavy atom. The summed E-state index contributed by atoms with van der Waals surface area (Å²) in [5, 5.41) is -1.59. The van der Waals surface area contributed by atoms with Crippen LogP contribution in [-0.4, -0.2) is 11.9 Å². The van der Waals surface area contributed by atoms with Gasteiger partial charge in [-0.2, -0.15) is 4.39 Å². The van der Waals surface area contributed by atoms with Crippen LogP contribution >= 0.6 is 0 Å². The fourth-order valence-electron chi connectivity index (χ4n) is 3.36. The summed E-state index contributed by atoms with van der Waals surface area (Å²) in [7, 11) is 0. The van der Waals surface area contributed by atoms with Gasteiger partial charge in [-0.25, -0.2) is 57.9 Å². The number of halogens is 12. The van der Waals surface area contributed by atoms with E-state index >= 15 is 0 Å². The van der Waals surface area contributed by atoms with Crippen LogP contribution in [-0.2, 0) is 0 Å². The first-order chi connectivity index (χ1) is 18.7. The maximum atomic E-state index is 14.5. The van der Waals surface area contributed by atoms with Crippen molar-refractivity contribution in [3.05, 3.63) is 105 Å². The highest BCUT2D eigenvalue weighted by atomic mass is 19.2. The van der Waals surface area contributed by atoms with E-state index in [-0.39, 0.29) is 6.07 Å². The van der Waals surface area contributed by atoms with Crippen molar-refractivity contribution >= 4 is 22.7 Å². The lowest BCUT2D eigenvalue weighted by molar-refractivity contribution is 0.0706. The first-order valence-corrected chi connectivity index (χ1v) is 10.1. The van der Waals surface area contributed by atoms with E-state index in [0.717, 1.165) is 18.2 Å². The number of carbonyl (C=O) groups is 2. The van der Waals surface area contributed by atoms with Crippen LogP contribution in [0.15, 0.2) is 24.3 Å². The first-order valence-electron chi connectivity index (χ1n) is 10.1. The molecule has 0 aromatic heterocycles. The van der Waals surface area contributed by atoms with Gasteiger partial charge in [-0.05, 0) is 12.1 Å². The van der Waals surface area contributed by atoms with E-state index in [1.165, 1.54) is 0 Å². The highest BCUT2D eigenvalue weighted by Gasteiger charge is 2.33. The highest BCUT2D eigenvalue weighted by Crippen LogP contribution is 2.37. The van der Waals surface area contributed by atoms with Crippen molar-refractivity contribution < 1.29 is 71.7 Å². The first kappa shape index (κ1) is 28.3. The Kier molecular flexibility index (Phi) is 7.13. The fraction of sp³-hybridized carbons (Fsp3) is 0. The maximum Gasteiger partial charge on any atom is 0.349 e. The molecule has 0 atom stereocenters. The average molecular weight is 584 g/mol. The van der Waals surface area contributed by atoms with E-state index in [4.69, 9.17) is 0 Å². The number of esters is 2. The van der Waals surface area contributed by atoms with Crippen LogP contribution in [0.5, 0.6) is 11.5 Å². The van der Waals surface area contributed by atoms with Gasteiger partial charge in [-0.3, -0.25) is 0 Å². The van der Waals surface area contributed by atoms with E-state index in [9.17, 15) is 62.3 Å². The van der Waals surface area contributed by atoms with E-state index in [1.54, 1.807) is 0 Å². The average Bonchev–Trinajstić information content (AvgIpc) is 2.91. The summed E-state index contributed by atoms with van der Waals surface area (Å²) in [4.78, 5) is 24.6. The lowest BCUT2D eigenvalue weighted by Gasteiger charge is -2.14. The van der Waals surface area contributed by atoms with Crippen molar-refractivity contribution in [3.63, 3.8) is 0 Å². The molecule has 0 saturated heterocycles. The predicted octanol–water partition coefficient (Wildman–Crippen LogP) is 6.95. The molecule has 0 bridgehead atoms. The molecule has 0 N–H and O–H groups in total. The van der Waals surface area contributed by atoms with Gasteiger partial charge in [0, 0.05) is 10.8 Å². The maximum absolute atomic E-state index is 14.5. The molecule has 0 aliphatic rings. The topological polar surface area (TPSA) is 52.6 Å². The number of hydrogen-bond acceptors (Lipinski definition) is 4. The molecular formula is C24H4F12O4. The molecule has 0 saturated carbocycles. The number of rotatable bonds is 4. The number of hydrogen-bond donors (Lipinski definition) is 0. The monoisotopic (exact) mass is 584 g/mol. The van der Waals surface area contributed by atoms with Crippen LogP contribution < -0.4 is 9.47 Å². The smallest absolute Gasteiger partial charge is 0.349 e. The van der Waals surface area contributed by atoms with Crippen LogP contribution in [0, 0.1) is 69.8 Å². The fourth-order valence-corrected chi connectivity index (χ4v) is 3.36. The van der Waals surface area contributed by atoms with Gasteiger partial charge in [-0.15, -0.1) is 0 Å². The van der Waals surface area contributed by atoms with Gasteiger partial charge in [0.2, 0.25) is 17.5 Å². The molecule has 16 heteroatoms. The normalized spacial score (nSPS) is 11.2. The highest BCUT2D eigenvalue weighted by molar-refractivity contribution is 6.00. The van der Waals surface area contributed by atoms with Gasteiger partial charge in [0.1, 0.15) is 16.9 Å². The molecule has 0 radical (unpaired) electrons. The van der Waals surface area contributed by atoms with E-state index in [0.29, 0.717) is 0 Å². The zero-order chi connectivity index (χ0) is 29.8. The van der Waals surface area contributed by atoms with Gasteiger partial charge in [0.05, 0.1) is 0 Å². The van der Waals surface area contributed by atoms with Crippen molar-refractivity contribution in [3.8, 4) is 11.5 Å². The summed E-state index contributed by atoms with van der Waals surface area (Å²) in [5.41, 5.74) is -4.27. The quantitative estimate of drug-likeness (QED) is 0.0858. The largest absolute Gasteiger partial charge is 0.422 e. The number of ether oxygens (including phenoxy) is 2. The Morgan fingerprint density at radius 3 is 1.32 bits per heavy atom. The Labute approximate surface area is 211 Å². The standard InChI is InChI=1S/C24H4F12O4/c25-7-4-6-5(22(11(7)26)40-24(38)10-14(29)18(33)21(36)19(34)15(10)30)2-1-3-8(6)39-23(37)9-12(27)16(31)20(35)17(32)13(9)28/h1-4H. The van der Waals surface area contributed by atoms with Crippen LogP contribution in [0.4, 0.5) is 52.7 Å². The third-order valence-corrected chi connectivity index (χ3v) is 5.22. The summed E-state index contributed by atoms with van der Waals surface area (Å²) < 4.78 is 174. The SMILES string of the molecule is O=C(Oc1cccc2c(OC(=O)c3c(F)c(F)c(F)c(F)c3F)c(F)c(F)cc12)c1c(F)c(F)c(F)c(F)c1F. The van der Waals surface area contributed by atoms with Crippen molar-refractivity contribution in [2.24, 2.45) is 0 Å². The van der Waals surface area contributed by atoms with Gasteiger partial charge in [-0.1, -0.05) is 12.1 Å². The summed E-state index contributed by atoms with van der Waals surface area (Å²) in [5.74, 6) is -37.1. The minimum Gasteiger partial charge on any atom is -0.422 e. The molecule has 0 spiro atoms. The van der Waals surface area contributed by atoms with Crippen LogP contribution in [0.25, 0.3) is 10.8 Å². The van der Waals surface area contributed by atoms with E-state index < -0.39 is 115 Å². The second kappa shape index (κ2) is 10.1. The van der Waals surface area contributed by atoms with Gasteiger partial charge >= 0.3 is 11.9 Å². The van der Waals surface area contributed by atoms with Gasteiger partial charge in [0.25, 0.3) is 0 Å². The number of fused-ring (bicyclic) bond motifs is 1. The van der Waals surface area contributed by atoms with Crippen molar-refractivity contribution in [2.75, 3.05) is 0 Å². The molecule has 0 unspecified atom stereocenters. The second-order valence-electron chi connectivity index (χ2n) is 7.52. The summed E-state index contributed by atoms with van der Waals surface area (Å²) in [6.45, 7) is 0. The lowest BCUT2D eigenvalue weighted by Crippen LogP contribution is -2.18. The minimum absolute atomic E-state index is 0.238. The molecule has 4 aromatic carbocycles. The molecule has 0 fully saturated rings. The minimum atomic E-state index is -2.65. The second-order valence-corrected chi connectivity index (χ2v) is 7.52. The Morgan fingerprint density at radius 2 is 0.875 bits per heavy atom. The summed E-state index contributed by atoms with van der Waals surface area (Å²) >= 11 is 0. The molecule has 0 aliphatic heterocycles. The molecule has 0 aliphatic carbocycles. The number of carbonyl (C=O) groups excluding carboxylic acids is 2. The van der Waals surface area contributed by atoms with Crippen molar-refractivity contribution in [2.45, 2.75) is 0 Å². The third kappa shape index (κ3) is 4.34.